The Morgan fingerprint density at radius 2 is 2.15 bits per heavy atom. The van der Waals surface area contributed by atoms with E-state index in [-0.39, 0.29) is 0 Å². The predicted octanol–water partition coefficient (Wildman–Crippen LogP) is 2.17. The maximum Gasteiger partial charge on any atom is 0.152 e. The number of anilines is 1. The fraction of sp³-hybridized carbons (Fsp3) is 0.300. The second-order valence-corrected chi connectivity index (χ2v) is 3.17. The second-order valence-electron chi connectivity index (χ2n) is 2.79. The molecule has 0 aliphatic carbocycles. The van der Waals surface area contributed by atoms with E-state index in [1.165, 1.54) is 0 Å². The van der Waals surface area contributed by atoms with Crippen LogP contribution in [0.3, 0.4) is 0 Å². The highest BCUT2D eigenvalue weighted by Gasteiger charge is 2.04. The van der Waals surface area contributed by atoms with Crippen molar-refractivity contribution in [2.45, 2.75) is 0 Å². The van der Waals surface area contributed by atoms with Crippen LogP contribution in [-0.4, -0.2) is 25.8 Å². The molecule has 0 aliphatic heterocycles. The van der Waals surface area contributed by atoms with E-state index in [9.17, 15) is 4.79 Å². The quantitative estimate of drug-likeness (QED) is 0.545. The SMILES string of the molecule is CN(CCCl)c1ccccc1C=O. The summed E-state index contributed by atoms with van der Waals surface area (Å²) < 4.78 is 0. The highest BCUT2D eigenvalue weighted by molar-refractivity contribution is 6.18. The minimum absolute atomic E-state index is 0.559. The van der Waals surface area contributed by atoms with Crippen LogP contribution in [0.15, 0.2) is 24.3 Å². The molecule has 0 unspecified atom stereocenters. The van der Waals surface area contributed by atoms with Crippen LogP contribution in [0.5, 0.6) is 0 Å². The van der Waals surface area contributed by atoms with Gasteiger partial charge in [0.05, 0.1) is 0 Å². The van der Waals surface area contributed by atoms with Crippen molar-refractivity contribution in [2.24, 2.45) is 0 Å². The molecular weight excluding hydrogens is 186 g/mol. The van der Waals surface area contributed by atoms with E-state index >= 15 is 0 Å². The number of rotatable bonds is 4. The number of benzene rings is 1. The monoisotopic (exact) mass is 197 g/mol. The molecule has 1 rings (SSSR count). The van der Waals surface area contributed by atoms with Crippen LogP contribution in [0.1, 0.15) is 10.4 Å². The van der Waals surface area contributed by atoms with Gasteiger partial charge in [-0.25, -0.2) is 0 Å². The number of carbonyl (C=O) groups excluding carboxylic acids is 1. The molecule has 0 amide bonds. The summed E-state index contributed by atoms with van der Waals surface area (Å²) in [4.78, 5) is 12.6. The van der Waals surface area contributed by atoms with Crippen LogP contribution < -0.4 is 4.90 Å². The summed E-state index contributed by atoms with van der Waals surface area (Å²) >= 11 is 5.61. The fourth-order valence-corrected chi connectivity index (χ4v) is 1.44. The first kappa shape index (κ1) is 10.1. The van der Waals surface area contributed by atoms with Gasteiger partial charge in [-0.3, -0.25) is 4.79 Å². The molecule has 0 aromatic heterocycles. The summed E-state index contributed by atoms with van der Waals surface area (Å²) in [5.74, 6) is 0.559. The van der Waals surface area contributed by atoms with Gasteiger partial charge in [0.1, 0.15) is 0 Å². The molecule has 3 heteroatoms. The third-order valence-corrected chi connectivity index (χ3v) is 2.06. The van der Waals surface area contributed by atoms with E-state index in [1.54, 1.807) is 6.07 Å². The Morgan fingerprint density at radius 3 is 2.77 bits per heavy atom. The number of aldehydes is 1. The minimum atomic E-state index is 0.559. The third kappa shape index (κ3) is 2.46. The van der Waals surface area contributed by atoms with Crippen molar-refractivity contribution < 1.29 is 4.79 Å². The molecular formula is C10H12ClNO. The van der Waals surface area contributed by atoms with Crippen molar-refractivity contribution in [3.8, 4) is 0 Å². The molecule has 1 aromatic rings. The van der Waals surface area contributed by atoms with Gasteiger partial charge in [-0.2, -0.15) is 0 Å². The molecule has 0 saturated heterocycles. The molecule has 0 radical (unpaired) electrons. The van der Waals surface area contributed by atoms with Gasteiger partial charge in [-0.05, 0) is 12.1 Å². The van der Waals surface area contributed by atoms with Gasteiger partial charge < -0.3 is 4.90 Å². The molecule has 0 atom stereocenters. The Bertz CT molecular complexity index is 288. The molecule has 1 aromatic carbocycles. The van der Waals surface area contributed by atoms with Crippen LogP contribution in [0.4, 0.5) is 5.69 Å². The molecule has 13 heavy (non-hydrogen) atoms. The zero-order valence-corrected chi connectivity index (χ0v) is 8.29. The lowest BCUT2D eigenvalue weighted by Crippen LogP contribution is -2.20. The average Bonchev–Trinajstić information content (AvgIpc) is 2.18. The molecule has 0 bridgehead atoms. The van der Waals surface area contributed by atoms with Crippen LogP contribution in [0.2, 0.25) is 0 Å². The van der Waals surface area contributed by atoms with E-state index in [4.69, 9.17) is 11.6 Å². The predicted molar refractivity (Wildman–Crippen MR) is 55.8 cm³/mol. The normalized spacial score (nSPS) is 9.69. The van der Waals surface area contributed by atoms with Gasteiger partial charge in [-0.1, -0.05) is 12.1 Å². The zero-order chi connectivity index (χ0) is 9.68. The molecule has 0 saturated carbocycles. The summed E-state index contributed by atoms with van der Waals surface area (Å²) in [5.41, 5.74) is 1.63. The topological polar surface area (TPSA) is 20.3 Å². The van der Waals surface area contributed by atoms with Crippen LogP contribution in [-0.2, 0) is 0 Å². The summed E-state index contributed by atoms with van der Waals surface area (Å²) in [6.07, 6.45) is 0.861. The first-order valence-corrected chi connectivity index (χ1v) is 4.64. The Hall–Kier alpha value is -1.02. The van der Waals surface area contributed by atoms with Crippen LogP contribution in [0.25, 0.3) is 0 Å². The van der Waals surface area contributed by atoms with E-state index in [2.05, 4.69) is 0 Å². The number of halogens is 1. The summed E-state index contributed by atoms with van der Waals surface area (Å²) in [7, 11) is 1.92. The Balaban J connectivity index is 2.91. The van der Waals surface area contributed by atoms with Crippen molar-refractivity contribution in [3.63, 3.8) is 0 Å². The van der Waals surface area contributed by atoms with Gasteiger partial charge in [0.2, 0.25) is 0 Å². The van der Waals surface area contributed by atoms with Gasteiger partial charge in [0, 0.05) is 30.7 Å². The van der Waals surface area contributed by atoms with Crippen molar-refractivity contribution in [2.75, 3.05) is 24.4 Å². The summed E-state index contributed by atoms with van der Waals surface area (Å²) in [6.45, 7) is 0.742. The third-order valence-electron chi connectivity index (χ3n) is 1.89. The minimum Gasteiger partial charge on any atom is -0.373 e. The Morgan fingerprint density at radius 1 is 1.46 bits per heavy atom. The largest absolute Gasteiger partial charge is 0.373 e. The summed E-state index contributed by atoms with van der Waals surface area (Å²) in [6, 6.07) is 7.47. The lowest BCUT2D eigenvalue weighted by molar-refractivity contribution is 0.112. The second kappa shape index (κ2) is 4.87. The maximum absolute atomic E-state index is 10.7. The zero-order valence-electron chi connectivity index (χ0n) is 7.53. The van der Waals surface area contributed by atoms with Gasteiger partial charge >= 0.3 is 0 Å². The molecule has 0 aliphatic rings. The van der Waals surface area contributed by atoms with Gasteiger partial charge in [-0.15, -0.1) is 11.6 Å². The van der Waals surface area contributed by atoms with Gasteiger partial charge in [0.15, 0.2) is 6.29 Å². The Kier molecular flexibility index (Phi) is 3.77. The van der Waals surface area contributed by atoms with E-state index in [1.807, 2.05) is 30.1 Å². The highest BCUT2D eigenvalue weighted by atomic mass is 35.5. The van der Waals surface area contributed by atoms with E-state index in [0.717, 1.165) is 18.5 Å². The molecule has 70 valence electrons. The lowest BCUT2D eigenvalue weighted by atomic mass is 10.2. The number of hydrogen-bond acceptors (Lipinski definition) is 2. The molecule has 2 nitrogen and oxygen atoms in total. The molecule has 0 spiro atoms. The molecule has 0 fully saturated rings. The van der Waals surface area contributed by atoms with Crippen molar-refractivity contribution in [1.29, 1.82) is 0 Å². The standard InChI is InChI=1S/C10H12ClNO/c1-12(7-6-11)10-5-3-2-4-9(10)8-13/h2-5,8H,6-7H2,1H3. The highest BCUT2D eigenvalue weighted by Crippen LogP contribution is 2.16. The number of para-hydroxylation sites is 1. The number of alkyl halides is 1. The Labute approximate surface area is 83.1 Å². The number of hydrogen-bond donors (Lipinski definition) is 0. The first-order chi connectivity index (χ1) is 6.29. The van der Waals surface area contributed by atoms with E-state index in [0.29, 0.717) is 11.4 Å². The van der Waals surface area contributed by atoms with Gasteiger partial charge in [0.25, 0.3) is 0 Å². The maximum atomic E-state index is 10.7. The number of nitrogens with zero attached hydrogens (tertiary/aromatic N) is 1. The van der Waals surface area contributed by atoms with Crippen molar-refractivity contribution in [3.05, 3.63) is 29.8 Å². The number of carbonyl (C=O) groups is 1. The smallest absolute Gasteiger partial charge is 0.152 e. The molecule has 0 heterocycles. The fourth-order valence-electron chi connectivity index (χ4n) is 1.18. The van der Waals surface area contributed by atoms with Crippen molar-refractivity contribution >= 4 is 23.6 Å². The van der Waals surface area contributed by atoms with Crippen LogP contribution >= 0.6 is 11.6 Å². The average molecular weight is 198 g/mol. The first-order valence-electron chi connectivity index (χ1n) is 4.11. The van der Waals surface area contributed by atoms with Crippen LogP contribution in [0, 0.1) is 0 Å². The lowest BCUT2D eigenvalue weighted by Gasteiger charge is -2.19. The van der Waals surface area contributed by atoms with E-state index < -0.39 is 0 Å². The molecule has 0 N–H and O–H groups in total. The summed E-state index contributed by atoms with van der Waals surface area (Å²) in [5, 5.41) is 0. The van der Waals surface area contributed by atoms with Crippen molar-refractivity contribution in [1.82, 2.24) is 0 Å².